The zero-order valence-corrected chi connectivity index (χ0v) is 17.4. The van der Waals surface area contributed by atoms with Gasteiger partial charge >= 0.3 is 0 Å². The summed E-state index contributed by atoms with van der Waals surface area (Å²) in [5.41, 5.74) is 1.75. The quantitative estimate of drug-likeness (QED) is 0.376. The smallest absolute Gasteiger partial charge is 0.266 e. The van der Waals surface area contributed by atoms with E-state index >= 15 is 0 Å². The highest BCUT2D eigenvalue weighted by Crippen LogP contribution is 2.35. The number of terminal acetylenes is 1. The number of thiocarbonyl (C=S) groups is 1. The molecule has 4 nitrogen and oxygen atoms in total. The molecule has 28 heavy (non-hydrogen) atoms. The Hall–Kier alpha value is -2.46. The van der Waals surface area contributed by atoms with E-state index in [4.69, 9.17) is 39.7 Å². The van der Waals surface area contributed by atoms with Gasteiger partial charge in [0.2, 0.25) is 0 Å². The Morgan fingerprint density at radius 1 is 1.29 bits per heavy atom. The van der Waals surface area contributed by atoms with Crippen LogP contribution >= 0.6 is 35.6 Å². The molecule has 1 aliphatic heterocycles. The lowest BCUT2D eigenvalue weighted by atomic mass is 10.2. The van der Waals surface area contributed by atoms with E-state index in [1.165, 1.54) is 11.8 Å². The van der Waals surface area contributed by atoms with Gasteiger partial charge in [0.05, 0.1) is 23.6 Å². The van der Waals surface area contributed by atoms with Crippen LogP contribution in [0.4, 0.5) is 0 Å². The molecule has 0 unspecified atom stereocenters. The van der Waals surface area contributed by atoms with Crippen LogP contribution in [0.25, 0.3) is 6.08 Å². The summed E-state index contributed by atoms with van der Waals surface area (Å²) in [5.74, 6) is 3.53. The second kappa shape index (κ2) is 9.16. The van der Waals surface area contributed by atoms with Crippen LogP contribution < -0.4 is 9.47 Å². The Balaban J connectivity index is 1.75. The highest BCUT2D eigenvalue weighted by atomic mass is 35.5. The fourth-order valence-corrected chi connectivity index (χ4v) is 4.04. The van der Waals surface area contributed by atoms with Crippen molar-refractivity contribution in [2.75, 3.05) is 13.7 Å². The number of nitrogens with zero attached hydrogens (tertiary/aromatic N) is 1. The maximum atomic E-state index is 12.8. The van der Waals surface area contributed by atoms with E-state index < -0.39 is 0 Å². The van der Waals surface area contributed by atoms with Crippen molar-refractivity contribution in [2.24, 2.45) is 0 Å². The minimum atomic E-state index is -0.130. The first kappa shape index (κ1) is 20.3. The molecule has 142 valence electrons. The number of hydrogen-bond acceptors (Lipinski definition) is 5. The predicted molar refractivity (Wildman–Crippen MR) is 117 cm³/mol. The highest BCUT2D eigenvalue weighted by Gasteiger charge is 2.32. The minimum Gasteiger partial charge on any atom is -0.497 e. The molecule has 0 aliphatic carbocycles. The largest absolute Gasteiger partial charge is 0.497 e. The number of carbonyl (C=O) groups excluding carboxylic acids is 1. The van der Waals surface area contributed by atoms with Crippen molar-refractivity contribution in [3.63, 3.8) is 0 Å². The fraction of sp³-hybridized carbons (Fsp3) is 0.143. The van der Waals surface area contributed by atoms with Crippen molar-refractivity contribution in [1.82, 2.24) is 4.90 Å². The third kappa shape index (κ3) is 4.68. The van der Waals surface area contributed by atoms with Crippen LogP contribution in [0.3, 0.4) is 0 Å². The molecule has 0 spiro atoms. The van der Waals surface area contributed by atoms with Gasteiger partial charge in [0, 0.05) is 0 Å². The summed E-state index contributed by atoms with van der Waals surface area (Å²) in [4.78, 5) is 14.9. The second-order valence-corrected chi connectivity index (χ2v) is 7.88. The number of methoxy groups -OCH3 is 1. The van der Waals surface area contributed by atoms with Gasteiger partial charge in [-0.05, 0) is 41.5 Å². The van der Waals surface area contributed by atoms with Gasteiger partial charge in [0.25, 0.3) is 5.91 Å². The number of amides is 1. The number of hydrogen-bond donors (Lipinski definition) is 0. The van der Waals surface area contributed by atoms with Crippen molar-refractivity contribution >= 4 is 51.9 Å². The van der Waals surface area contributed by atoms with Crippen LogP contribution in [0.5, 0.6) is 11.5 Å². The van der Waals surface area contributed by atoms with Gasteiger partial charge in [0.1, 0.15) is 22.4 Å². The lowest BCUT2D eigenvalue weighted by Crippen LogP contribution is -2.27. The standard InChI is InChI=1S/C21H16ClNO3S2/c1-3-10-26-18-9-6-15(11-17(18)22)12-19-20(24)23(21(27)28-19)13-14-4-7-16(25-2)8-5-14/h1,4-9,11-12H,10,13H2,2H3/b19-12-. The van der Waals surface area contributed by atoms with Crippen LogP contribution in [0.1, 0.15) is 11.1 Å². The number of carbonyl (C=O) groups is 1. The molecule has 0 aromatic heterocycles. The summed E-state index contributed by atoms with van der Waals surface area (Å²) in [6.07, 6.45) is 6.95. The molecule has 0 radical (unpaired) electrons. The van der Waals surface area contributed by atoms with Crippen molar-refractivity contribution in [1.29, 1.82) is 0 Å². The maximum Gasteiger partial charge on any atom is 0.266 e. The van der Waals surface area contributed by atoms with Gasteiger partial charge < -0.3 is 9.47 Å². The normalized spacial score (nSPS) is 15.0. The van der Waals surface area contributed by atoms with E-state index in [0.29, 0.717) is 26.5 Å². The van der Waals surface area contributed by atoms with Crippen molar-refractivity contribution in [3.05, 3.63) is 63.5 Å². The lowest BCUT2D eigenvalue weighted by Gasteiger charge is -2.14. The van der Waals surface area contributed by atoms with Gasteiger partial charge in [-0.1, -0.05) is 59.7 Å². The van der Waals surface area contributed by atoms with Crippen LogP contribution in [-0.4, -0.2) is 28.8 Å². The van der Waals surface area contributed by atoms with Gasteiger partial charge in [-0.3, -0.25) is 9.69 Å². The molecule has 0 saturated carbocycles. The number of halogens is 1. The molecule has 1 fully saturated rings. The zero-order valence-electron chi connectivity index (χ0n) is 15.0. The fourth-order valence-electron chi connectivity index (χ4n) is 2.54. The average molecular weight is 430 g/mol. The van der Waals surface area contributed by atoms with Gasteiger partial charge in [-0.25, -0.2) is 0 Å². The van der Waals surface area contributed by atoms with Crippen LogP contribution in [0.15, 0.2) is 47.4 Å². The van der Waals surface area contributed by atoms with Crippen LogP contribution in [-0.2, 0) is 11.3 Å². The molecule has 7 heteroatoms. The molecule has 0 atom stereocenters. The highest BCUT2D eigenvalue weighted by molar-refractivity contribution is 8.26. The molecule has 1 saturated heterocycles. The summed E-state index contributed by atoms with van der Waals surface area (Å²) >= 11 is 12.9. The summed E-state index contributed by atoms with van der Waals surface area (Å²) in [6.45, 7) is 0.550. The number of thioether (sulfide) groups is 1. The molecule has 0 bridgehead atoms. The molecule has 1 heterocycles. The van der Waals surface area contributed by atoms with Crippen molar-refractivity contribution in [2.45, 2.75) is 6.54 Å². The number of benzene rings is 2. The van der Waals surface area contributed by atoms with E-state index in [-0.39, 0.29) is 12.5 Å². The first-order valence-electron chi connectivity index (χ1n) is 8.26. The monoisotopic (exact) mass is 429 g/mol. The average Bonchev–Trinajstić information content (AvgIpc) is 2.95. The predicted octanol–water partition coefficient (Wildman–Crippen LogP) is 4.76. The Morgan fingerprint density at radius 3 is 2.68 bits per heavy atom. The SMILES string of the molecule is C#CCOc1ccc(/C=C2\SC(=S)N(Cc3ccc(OC)cc3)C2=O)cc1Cl. The van der Waals surface area contributed by atoms with Gasteiger partial charge in [0.15, 0.2) is 0 Å². The lowest BCUT2D eigenvalue weighted by molar-refractivity contribution is -0.122. The summed E-state index contributed by atoms with van der Waals surface area (Å²) < 4.78 is 11.0. The van der Waals surface area contributed by atoms with Gasteiger partial charge in [-0.2, -0.15) is 0 Å². The molecule has 2 aromatic rings. The molecular formula is C21H16ClNO3S2. The minimum absolute atomic E-state index is 0.130. The summed E-state index contributed by atoms with van der Waals surface area (Å²) in [7, 11) is 1.61. The van der Waals surface area contributed by atoms with E-state index in [1.54, 1.807) is 30.2 Å². The molecule has 1 aliphatic rings. The van der Waals surface area contributed by atoms with Crippen molar-refractivity contribution < 1.29 is 14.3 Å². The van der Waals surface area contributed by atoms with E-state index in [0.717, 1.165) is 16.9 Å². The van der Waals surface area contributed by atoms with Gasteiger partial charge in [-0.15, -0.1) is 6.42 Å². The Labute approximate surface area is 178 Å². The second-order valence-electron chi connectivity index (χ2n) is 5.80. The Morgan fingerprint density at radius 2 is 2.04 bits per heavy atom. The maximum absolute atomic E-state index is 12.8. The molecule has 0 N–H and O–H groups in total. The zero-order chi connectivity index (χ0) is 20.1. The third-order valence-electron chi connectivity index (χ3n) is 3.94. The van der Waals surface area contributed by atoms with E-state index in [9.17, 15) is 4.79 Å². The van der Waals surface area contributed by atoms with E-state index in [2.05, 4.69) is 5.92 Å². The molecule has 2 aromatic carbocycles. The third-order valence-corrected chi connectivity index (χ3v) is 5.61. The van der Waals surface area contributed by atoms with Crippen LogP contribution in [0, 0.1) is 12.3 Å². The first-order valence-corrected chi connectivity index (χ1v) is 9.86. The number of rotatable bonds is 6. The topological polar surface area (TPSA) is 38.8 Å². The first-order chi connectivity index (χ1) is 13.5. The van der Waals surface area contributed by atoms with Crippen LogP contribution in [0.2, 0.25) is 5.02 Å². The summed E-state index contributed by atoms with van der Waals surface area (Å²) in [6, 6.07) is 12.8. The number of ether oxygens (including phenoxy) is 2. The van der Waals surface area contributed by atoms with Crippen molar-refractivity contribution in [3.8, 4) is 23.8 Å². The molecule has 3 rings (SSSR count). The molecule has 1 amide bonds. The molecular weight excluding hydrogens is 414 g/mol. The van der Waals surface area contributed by atoms with E-state index in [1.807, 2.05) is 30.3 Å². The Kier molecular flexibility index (Phi) is 6.63. The Bertz CT molecular complexity index is 980. The summed E-state index contributed by atoms with van der Waals surface area (Å²) in [5, 5.41) is 0.428.